The summed E-state index contributed by atoms with van der Waals surface area (Å²) in [6.45, 7) is 1.83. The molecule has 0 aliphatic heterocycles. The molecule has 3 aromatic heterocycles. The van der Waals surface area contributed by atoms with Crippen molar-refractivity contribution in [3.05, 3.63) is 52.8 Å². The number of carbonyl (C=O) groups is 1. The number of rotatable bonds is 3. The van der Waals surface area contributed by atoms with E-state index in [-0.39, 0.29) is 5.91 Å². The van der Waals surface area contributed by atoms with Crippen LogP contribution in [0.2, 0.25) is 0 Å². The fourth-order valence-corrected chi connectivity index (χ4v) is 3.77. The van der Waals surface area contributed by atoms with Crippen molar-refractivity contribution in [2.75, 3.05) is 5.73 Å². The molecule has 0 bridgehead atoms. The van der Waals surface area contributed by atoms with E-state index in [1.165, 1.54) is 17.7 Å². The molecule has 0 atom stereocenters. The van der Waals surface area contributed by atoms with Gasteiger partial charge in [0.1, 0.15) is 17.0 Å². The maximum Gasteiger partial charge on any atom is 0.281 e. The summed E-state index contributed by atoms with van der Waals surface area (Å²) in [4.78, 5) is 24.9. The van der Waals surface area contributed by atoms with Crippen LogP contribution in [0.25, 0.3) is 21.1 Å². The Balaban J connectivity index is 1.58. The van der Waals surface area contributed by atoms with E-state index in [1.54, 1.807) is 6.21 Å². The quantitative estimate of drug-likeness (QED) is 0.390. The van der Waals surface area contributed by atoms with Gasteiger partial charge in [-0.1, -0.05) is 18.2 Å². The zero-order valence-electron chi connectivity index (χ0n) is 13.3. The molecule has 4 rings (SSSR count). The lowest BCUT2D eigenvalue weighted by Gasteiger charge is -1.98. The number of aromatic nitrogens is 3. The molecule has 0 saturated carbocycles. The highest BCUT2D eigenvalue weighted by atomic mass is 32.1. The molecule has 25 heavy (non-hydrogen) atoms. The average Bonchev–Trinajstić information content (AvgIpc) is 3.17. The third-order valence-electron chi connectivity index (χ3n) is 3.95. The Morgan fingerprint density at radius 1 is 1.36 bits per heavy atom. The Kier molecular flexibility index (Phi) is 3.66. The van der Waals surface area contributed by atoms with Crippen molar-refractivity contribution in [2.45, 2.75) is 6.92 Å². The number of amides is 1. The average molecular weight is 350 g/mol. The zero-order chi connectivity index (χ0) is 17.4. The summed E-state index contributed by atoms with van der Waals surface area (Å²) in [6, 6.07) is 7.89. The fraction of sp³-hybridized carbons (Fsp3) is 0.0588. The van der Waals surface area contributed by atoms with Crippen molar-refractivity contribution in [3.8, 4) is 0 Å². The molecule has 0 fully saturated rings. The fourth-order valence-electron chi connectivity index (χ4n) is 2.73. The number of para-hydroxylation sites is 1. The van der Waals surface area contributed by atoms with Gasteiger partial charge in [0, 0.05) is 22.7 Å². The van der Waals surface area contributed by atoms with Crippen LogP contribution in [0.1, 0.15) is 20.8 Å². The summed E-state index contributed by atoms with van der Waals surface area (Å²) >= 11 is 1.27. The molecule has 0 saturated heterocycles. The first-order valence-corrected chi connectivity index (χ1v) is 8.36. The largest absolute Gasteiger partial charge is 0.383 e. The van der Waals surface area contributed by atoms with Crippen LogP contribution in [-0.2, 0) is 0 Å². The number of nitrogens with one attached hydrogen (secondary N) is 2. The van der Waals surface area contributed by atoms with Crippen LogP contribution in [0.15, 0.2) is 41.9 Å². The smallest absolute Gasteiger partial charge is 0.281 e. The Morgan fingerprint density at radius 3 is 3.04 bits per heavy atom. The van der Waals surface area contributed by atoms with Crippen LogP contribution < -0.4 is 11.2 Å². The van der Waals surface area contributed by atoms with Gasteiger partial charge >= 0.3 is 0 Å². The number of fused-ring (bicyclic) bond motifs is 2. The predicted octanol–water partition coefficient (Wildman–Crippen LogP) is 2.83. The molecule has 7 nitrogen and oxygen atoms in total. The number of hydrogen-bond donors (Lipinski definition) is 3. The number of nitrogens with two attached hydrogens (primary N) is 1. The second-order valence-corrected chi connectivity index (χ2v) is 6.48. The monoisotopic (exact) mass is 350 g/mol. The third kappa shape index (κ3) is 2.62. The lowest BCUT2D eigenvalue weighted by Crippen LogP contribution is -2.17. The summed E-state index contributed by atoms with van der Waals surface area (Å²) in [5, 5.41) is 5.83. The molecule has 3 heterocycles. The first-order valence-electron chi connectivity index (χ1n) is 7.54. The minimum Gasteiger partial charge on any atom is -0.383 e. The molecule has 0 aliphatic rings. The summed E-state index contributed by atoms with van der Waals surface area (Å²) < 4.78 is 0. The van der Waals surface area contributed by atoms with Crippen molar-refractivity contribution < 1.29 is 4.79 Å². The molecule has 124 valence electrons. The summed E-state index contributed by atoms with van der Waals surface area (Å²) in [6.07, 6.45) is 4.86. The Morgan fingerprint density at radius 2 is 2.20 bits per heavy atom. The second-order valence-electron chi connectivity index (χ2n) is 5.48. The lowest BCUT2D eigenvalue weighted by atomic mass is 10.2. The van der Waals surface area contributed by atoms with E-state index >= 15 is 0 Å². The molecule has 8 heteroatoms. The Labute approximate surface area is 146 Å². The van der Waals surface area contributed by atoms with Crippen LogP contribution in [-0.4, -0.2) is 27.1 Å². The van der Waals surface area contributed by atoms with Crippen molar-refractivity contribution in [2.24, 2.45) is 5.10 Å². The van der Waals surface area contributed by atoms with Gasteiger partial charge in [-0.3, -0.25) is 4.79 Å². The summed E-state index contributed by atoms with van der Waals surface area (Å²) in [5.41, 5.74) is 11.1. The van der Waals surface area contributed by atoms with E-state index in [0.29, 0.717) is 15.5 Å². The van der Waals surface area contributed by atoms with Gasteiger partial charge in [0.25, 0.3) is 5.91 Å². The maximum absolute atomic E-state index is 12.4. The number of hydrazone groups is 1. The molecule has 0 spiro atoms. The minimum absolute atomic E-state index is 0.295. The highest BCUT2D eigenvalue weighted by Crippen LogP contribution is 2.31. The van der Waals surface area contributed by atoms with Gasteiger partial charge in [0.2, 0.25) is 0 Å². The molecule has 0 radical (unpaired) electrons. The molecule has 0 unspecified atom stereocenters. The van der Waals surface area contributed by atoms with E-state index in [9.17, 15) is 4.79 Å². The number of anilines is 1. The van der Waals surface area contributed by atoms with Gasteiger partial charge in [-0.05, 0) is 18.6 Å². The van der Waals surface area contributed by atoms with E-state index in [0.717, 1.165) is 27.4 Å². The molecular formula is C17H14N6OS. The van der Waals surface area contributed by atoms with Crippen LogP contribution in [0.4, 0.5) is 5.82 Å². The number of nitrogens with zero attached hydrogens (tertiary/aromatic N) is 3. The van der Waals surface area contributed by atoms with Gasteiger partial charge in [-0.2, -0.15) is 5.10 Å². The van der Waals surface area contributed by atoms with Crippen molar-refractivity contribution >= 4 is 50.4 Å². The molecule has 4 N–H and O–H groups in total. The van der Waals surface area contributed by atoms with Gasteiger partial charge in [-0.15, -0.1) is 11.3 Å². The number of carbonyl (C=O) groups excluding carboxylic acids is 1. The minimum atomic E-state index is -0.295. The number of aromatic amines is 1. The highest BCUT2D eigenvalue weighted by Gasteiger charge is 2.18. The van der Waals surface area contributed by atoms with Crippen LogP contribution in [0.3, 0.4) is 0 Å². The Bertz CT molecular complexity index is 1130. The highest BCUT2D eigenvalue weighted by molar-refractivity contribution is 7.20. The number of benzene rings is 1. The van der Waals surface area contributed by atoms with Crippen molar-refractivity contribution in [1.82, 2.24) is 20.4 Å². The van der Waals surface area contributed by atoms with Gasteiger partial charge < -0.3 is 10.7 Å². The van der Waals surface area contributed by atoms with Crippen LogP contribution in [0, 0.1) is 6.92 Å². The zero-order valence-corrected chi connectivity index (χ0v) is 14.1. The topological polar surface area (TPSA) is 109 Å². The number of aryl methyl sites for hydroxylation is 1. The first kappa shape index (κ1) is 15.3. The third-order valence-corrected chi connectivity index (χ3v) is 5.15. The second kappa shape index (κ2) is 5.99. The summed E-state index contributed by atoms with van der Waals surface area (Å²) in [7, 11) is 0. The van der Waals surface area contributed by atoms with E-state index < -0.39 is 0 Å². The van der Waals surface area contributed by atoms with E-state index in [1.807, 2.05) is 37.4 Å². The normalized spacial score (nSPS) is 11.6. The lowest BCUT2D eigenvalue weighted by molar-refractivity contribution is 0.0958. The number of nitrogen functional groups attached to an aromatic ring is 1. The van der Waals surface area contributed by atoms with E-state index in [4.69, 9.17) is 5.73 Å². The standard InChI is InChI=1S/C17H14N6OS/c1-9-13-15(18)20-8-21-17(13)25-14(9)16(24)23-22-7-10-6-19-12-5-3-2-4-11(10)12/h2-8,19H,1H3,(H,23,24)(H2,18,20,21)/b22-7-. The van der Waals surface area contributed by atoms with Crippen molar-refractivity contribution in [3.63, 3.8) is 0 Å². The SMILES string of the molecule is Cc1c(C(=O)N/N=C\c2c[nH]c3ccccc23)sc2ncnc(N)c12. The molecule has 0 aliphatic carbocycles. The number of hydrogen-bond acceptors (Lipinski definition) is 6. The molecular weight excluding hydrogens is 336 g/mol. The van der Waals surface area contributed by atoms with E-state index in [2.05, 4.69) is 25.5 Å². The van der Waals surface area contributed by atoms with Gasteiger partial charge in [0.15, 0.2) is 0 Å². The molecule has 4 aromatic rings. The Hall–Kier alpha value is -3.26. The summed E-state index contributed by atoms with van der Waals surface area (Å²) in [5.74, 6) is 0.0797. The number of thiophene rings is 1. The van der Waals surface area contributed by atoms with Gasteiger partial charge in [0.05, 0.1) is 16.5 Å². The van der Waals surface area contributed by atoms with Crippen LogP contribution >= 0.6 is 11.3 Å². The van der Waals surface area contributed by atoms with Crippen LogP contribution in [0.5, 0.6) is 0 Å². The van der Waals surface area contributed by atoms with Crippen molar-refractivity contribution in [1.29, 1.82) is 0 Å². The maximum atomic E-state index is 12.4. The predicted molar refractivity (Wildman–Crippen MR) is 99.9 cm³/mol. The molecule has 1 amide bonds. The molecule has 1 aromatic carbocycles. The first-order chi connectivity index (χ1) is 12.1. The van der Waals surface area contributed by atoms with Gasteiger partial charge in [-0.25, -0.2) is 15.4 Å². The number of H-pyrrole nitrogens is 1.